The van der Waals surface area contributed by atoms with E-state index in [2.05, 4.69) is 0 Å². The molecular formula is C15H16O2. The van der Waals surface area contributed by atoms with Crippen LogP contribution in [0.1, 0.15) is 11.1 Å². The second kappa shape index (κ2) is 4.50. The molecule has 0 aliphatic heterocycles. The molecule has 1 N–H and O–H groups in total. The summed E-state index contributed by atoms with van der Waals surface area (Å²) in [5.41, 5.74) is 3.89. The maximum absolute atomic E-state index is 9.98. The number of aromatic hydroxyl groups is 1. The summed E-state index contributed by atoms with van der Waals surface area (Å²) in [7, 11) is 1.64. The monoisotopic (exact) mass is 228 g/mol. The maximum Gasteiger partial charge on any atom is 0.127 e. The molecule has 0 saturated carbocycles. The Morgan fingerprint density at radius 1 is 0.882 bits per heavy atom. The van der Waals surface area contributed by atoms with Gasteiger partial charge in [-0.1, -0.05) is 24.3 Å². The van der Waals surface area contributed by atoms with Crippen molar-refractivity contribution in [3.05, 3.63) is 47.5 Å². The van der Waals surface area contributed by atoms with Crippen molar-refractivity contribution >= 4 is 0 Å². The van der Waals surface area contributed by atoms with E-state index in [0.717, 1.165) is 28.0 Å². The van der Waals surface area contributed by atoms with Crippen molar-refractivity contribution in [2.45, 2.75) is 13.8 Å². The largest absolute Gasteiger partial charge is 0.507 e. The van der Waals surface area contributed by atoms with E-state index in [1.807, 2.05) is 44.2 Å². The lowest BCUT2D eigenvalue weighted by molar-refractivity contribution is 0.415. The van der Waals surface area contributed by atoms with Crippen LogP contribution in [0.4, 0.5) is 0 Å². The summed E-state index contributed by atoms with van der Waals surface area (Å²) in [6.45, 7) is 3.97. The van der Waals surface area contributed by atoms with Gasteiger partial charge in [-0.25, -0.2) is 0 Å². The molecule has 0 aliphatic rings. The number of rotatable bonds is 2. The average molecular weight is 228 g/mol. The normalized spacial score (nSPS) is 10.3. The lowest BCUT2D eigenvalue weighted by Crippen LogP contribution is -1.89. The highest BCUT2D eigenvalue weighted by atomic mass is 16.5. The van der Waals surface area contributed by atoms with Crippen LogP contribution in [0.3, 0.4) is 0 Å². The molecule has 0 radical (unpaired) electrons. The SMILES string of the molecule is COc1cc(C)ccc1-c1ccc(C)cc1O. The van der Waals surface area contributed by atoms with Gasteiger partial charge in [-0.2, -0.15) is 0 Å². The first-order valence-electron chi connectivity index (χ1n) is 5.56. The number of benzene rings is 2. The molecule has 0 atom stereocenters. The fourth-order valence-electron chi connectivity index (χ4n) is 1.89. The number of ether oxygens (including phenoxy) is 1. The summed E-state index contributed by atoms with van der Waals surface area (Å²) in [5, 5.41) is 9.98. The molecule has 2 nitrogen and oxygen atoms in total. The van der Waals surface area contributed by atoms with Crippen molar-refractivity contribution in [2.24, 2.45) is 0 Å². The Morgan fingerprint density at radius 3 is 2.06 bits per heavy atom. The molecule has 17 heavy (non-hydrogen) atoms. The zero-order valence-corrected chi connectivity index (χ0v) is 10.3. The Bertz CT molecular complexity index is 545. The Kier molecular flexibility index (Phi) is 3.05. The van der Waals surface area contributed by atoms with Crippen molar-refractivity contribution in [1.29, 1.82) is 0 Å². The predicted octanol–water partition coefficient (Wildman–Crippen LogP) is 3.68. The Labute approximate surface area is 101 Å². The van der Waals surface area contributed by atoms with Gasteiger partial charge in [0.2, 0.25) is 0 Å². The summed E-state index contributed by atoms with van der Waals surface area (Å²) in [5.74, 6) is 1.07. The number of methoxy groups -OCH3 is 1. The average Bonchev–Trinajstić information content (AvgIpc) is 2.30. The molecular weight excluding hydrogens is 212 g/mol. The van der Waals surface area contributed by atoms with Gasteiger partial charge in [0.05, 0.1) is 7.11 Å². The molecule has 2 rings (SSSR count). The van der Waals surface area contributed by atoms with E-state index in [1.165, 1.54) is 0 Å². The number of hydrogen-bond acceptors (Lipinski definition) is 2. The van der Waals surface area contributed by atoms with E-state index in [-0.39, 0.29) is 5.75 Å². The van der Waals surface area contributed by atoms with Crippen molar-refractivity contribution in [2.75, 3.05) is 7.11 Å². The van der Waals surface area contributed by atoms with Crippen LogP contribution < -0.4 is 4.74 Å². The predicted molar refractivity (Wildman–Crippen MR) is 69.6 cm³/mol. The third kappa shape index (κ3) is 2.26. The fraction of sp³-hybridized carbons (Fsp3) is 0.200. The van der Waals surface area contributed by atoms with Crippen LogP contribution in [-0.4, -0.2) is 12.2 Å². The number of phenolic OH excluding ortho intramolecular Hbond substituents is 1. The van der Waals surface area contributed by atoms with Crippen molar-refractivity contribution < 1.29 is 9.84 Å². The smallest absolute Gasteiger partial charge is 0.127 e. The van der Waals surface area contributed by atoms with Crippen LogP contribution >= 0.6 is 0 Å². The van der Waals surface area contributed by atoms with Crippen LogP contribution in [-0.2, 0) is 0 Å². The maximum atomic E-state index is 9.98. The van der Waals surface area contributed by atoms with Crippen LogP contribution in [0.15, 0.2) is 36.4 Å². The van der Waals surface area contributed by atoms with Gasteiger partial charge < -0.3 is 9.84 Å². The van der Waals surface area contributed by atoms with Crippen LogP contribution in [0.5, 0.6) is 11.5 Å². The zero-order valence-electron chi connectivity index (χ0n) is 10.3. The minimum Gasteiger partial charge on any atom is -0.507 e. The van der Waals surface area contributed by atoms with Gasteiger partial charge in [-0.15, -0.1) is 0 Å². The highest BCUT2D eigenvalue weighted by Crippen LogP contribution is 2.36. The molecule has 0 spiro atoms. The van der Waals surface area contributed by atoms with E-state index in [1.54, 1.807) is 13.2 Å². The van der Waals surface area contributed by atoms with Crippen molar-refractivity contribution in [3.63, 3.8) is 0 Å². The lowest BCUT2D eigenvalue weighted by atomic mass is 10.0. The fourth-order valence-corrected chi connectivity index (χ4v) is 1.89. The molecule has 0 fully saturated rings. The molecule has 0 saturated heterocycles. The van der Waals surface area contributed by atoms with Gasteiger partial charge in [0.1, 0.15) is 11.5 Å². The van der Waals surface area contributed by atoms with Gasteiger partial charge in [0.25, 0.3) is 0 Å². The zero-order chi connectivity index (χ0) is 12.4. The molecule has 0 aliphatic carbocycles. The Balaban J connectivity index is 2.60. The molecule has 2 heteroatoms. The summed E-state index contributed by atoms with van der Waals surface area (Å²) < 4.78 is 5.35. The van der Waals surface area contributed by atoms with E-state index in [4.69, 9.17) is 4.74 Å². The highest BCUT2D eigenvalue weighted by Gasteiger charge is 2.09. The van der Waals surface area contributed by atoms with Crippen LogP contribution in [0.2, 0.25) is 0 Å². The quantitative estimate of drug-likeness (QED) is 0.849. The van der Waals surface area contributed by atoms with Crippen LogP contribution in [0, 0.1) is 13.8 Å². The molecule has 2 aromatic rings. The molecule has 2 aromatic carbocycles. The van der Waals surface area contributed by atoms with E-state index in [9.17, 15) is 5.11 Å². The standard InChI is InChI=1S/C15H16O2/c1-10-4-6-12(14(16)8-10)13-7-5-11(2)9-15(13)17-3/h4-9,16H,1-3H3. The first-order chi connectivity index (χ1) is 8.11. The summed E-state index contributed by atoms with van der Waals surface area (Å²) >= 11 is 0. The molecule has 0 heterocycles. The minimum atomic E-state index is 0.284. The summed E-state index contributed by atoms with van der Waals surface area (Å²) in [4.78, 5) is 0. The first-order valence-corrected chi connectivity index (χ1v) is 5.56. The molecule has 0 unspecified atom stereocenters. The molecule has 88 valence electrons. The summed E-state index contributed by atoms with van der Waals surface area (Å²) in [6, 6.07) is 11.6. The number of hydrogen-bond donors (Lipinski definition) is 1. The third-order valence-electron chi connectivity index (χ3n) is 2.80. The summed E-state index contributed by atoms with van der Waals surface area (Å²) in [6.07, 6.45) is 0. The lowest BCUT2D eigenvalue weighted by Gasteiger charge is -2.11. The topological polar surface area (TPSA) is 29.5 Å². The third-order valence-corrected chi connectivity index (χ3v) is 2.80. The van der Waals surface area contributed by atoms with Gasteiger partial charge >= 0.3 is 0 Å². The van der Waals surface area contributed by atoms with Gasteiger partial charge in [0, 0.05) is 11.1 Å². The Morgan fingerprint density at radius 2 is 1.47 bits per heavy atom. The van der Waals surface area contributed by atoms with Crippen LogP contribution in [0.25, 0.3) is 11.1 Å². The second-order valence-electron chi connectivity index (χ2n) is 4.22. The highest BCUT2D eigenvalue weighted by molar-refractivity contribution is 5.76. The van der Waals surface area contributed by atoms with E-state index < -0.39 is 0 Å². The van der Waals surface area contributed by atoms with E-state index >= 15 is 0 Å². The van der Waals surface area contributed by atoms with Gasteiger partial charge in [-0.05, 0) is 37.1 Å². The second-order valence-corrected chi connectivity index (χ2v) is 4.22. The number of phenols is 1. The van der Waals surface area contributed by atoms with Crippen molar-refractivity contribution in [1.82, 2.24) is 0 Å². The molecule has 0 bridgehead atoms. The molecule has 0 amide bonds. The van der Waals surface area contributed by atoms with Gasteiger partial charge in [0.15, 0.2) is 0 Å². The Hall–Kier alpha value is -1.96. The minimum absolute atomic E-state index is 0.284. The van der Waals surface area contributed by atoms with Crippen molar-refractivity contribution in [3.8, 4) is 22.6 Å². The number of aryl methyl sites for hydroxylation is 2. The van der Waals surface area contributed by atoms with E-state index in [0.29, 0.717) is 0 Å². The van der Waals surface area contributed by atoms with Gasteiger partial charge in [-0.3, -0.25) is 0 Å². The first kappa shape index (κ1) is 11.5. The molecule has 0 aromatic heterocycles.